The van der Waals surface area contributed by atoms with Crippen molar-refractivity contribution in [3.8, 4) is 0 Å². The normalized spacial score (nSPS) is 17.5. The van der Waals surface area contributed by atoms with Gasteiger partial charge >= 0.3 is 5.97 Å². The standard InChI is InChI=1S/C13H26N2O2/c1-4-17-13(16)12(14)9-15(11-5-6-11)8-7-10(2)3/h10-12H,4-9,14H2,1-3H3. The Morgan fingerprint density at radius 2 is 2.12 bits per heavy atom. The van der Waals surface area contributed by atoms with Gasteiger partial charge in [0.15, 0.2) is 0 Å². The minimum atomic E-state index is -0.497. The molecular formula is C13H26N2O2. The van der Waals surface area contributed by atoms with E-state index < -0.39 is 6.04 Å². The largest absolute Gasteiger partial charge is 0.465 e. The maximum Gasteiger partial charge on any atom is 0.324 e. The molecule has 0 bridgehead atoms. The third-order valence-electron chi connectivity index (χ3n) is 3.08. The van der Waals surface area contributed by atoms with E-state index in [1.165, 1.54) is 12.8 Å². The molecule has 1 atom stereocenters. The molecule has 0 spiro atoms. The van der Waals surface area contributed by atoms with Gasteiger partial charge in [0.2, 0.25) is 0 Å². The predicted molar refractivity (Wildman–Crippen MR) is 68.7 cm³/mol. The molecule has 1 unspecified atom stereocenters. The third kappa shape index (κ3) is 5.50. The number of carbonyl (C=O) groups is 1. The fourth-order valence-electron chi connectivity index (χ4n) is 1.86. The van der Waals surface area contributed by atoms with Gasteiger partial charge in [0, 0.05) is 12.6 Å². The molecule has 0 aliphatic heterocycles. The molecule has 1 rings (SSSR count). The zero-order valence-corrected chi connectivity index (χ0v) is 11.3. The summed E-state index contributed by atoms with van der Waals surface area (Å²) in [6, 6.07) is 0.150. The average Bonchev–Trinajstić information content (AvgIpc) is 3.07. The molecule has 1 fully saturated rings. The maximum atomic E-state index is 11.5. The van der Waals surface area contributed by atoms with Crippen molar-refractivity contribution in [1.29, 1.82) is 0 Å². The molecule has 0 aromatic carbocycles. The van der Waals surface area contributed by atoms with Crippen LogP contribution in [0.5, 0.6) is 0 Å². The van der Waals surface area contributed by atoms with E-state index >= 15 is 0 Å². The van der Waals surface area contributed by atoms with E-state index in [2.05, 4.69) is 18.7 Å². The number of ether oxygens (including phenoxy) is 1. The summed E-state index contributed by atoms with van der Waals surface area (Å²) < 4.78 is 4.94. The first-order valence-electron chi connectivity index (χ1n) is 6.70. The summed E-state index contributed by atoms with van der Waals surface area (Å²) in [5, 5.41) is 0. The highest BCUT2D eigenvalue weighted by atomic mass is 16.5. The van der Waals surface area contributed by atoms with Crippen LogP contribution in [0.2, 0.25) is 0 Å². The fraction of sp³-hybridized carbons (Fsp3) is 0.923. The SMILES string of the molecule is CCOC(=O)C(N)CN(CCC(C)C)C1CC1. The van der Waals surface area contributed by atoms with E-state index in [1.807, 2.05) is 6.92 Å². The smallest absolute Gasteiger partial charge is 0.324 e. The van der Waals surface area contributed by atoms with Crippen LogP contribution in [-0.4, -0.2) is 42.6 Å². The van der Waals surface area contributed by atoms with Crippen LogP contribution in [0.3, 0.4) is 0 Å². The first-order valence-corrected chi connectivity index (χ1v) is 6.70. The number of rotatable bonds is 8. The summed E-state index contributed by atoms with van der Waals surface area (Å²) in [7, 11) is 0. The monoisotopic (exact) mass is 242 g/mol. The van der Waals surface area contributed by atoms with Gasteiger partial charge in [-0.3, -0.25) is 9.69 Å². The Labute approximate surface area is 104 Å². The topological polar surface area (TPSA) is 55.6 Å². The highest BCUT2D eigenvalue weighted by Gasteiger charge is 2.31. The second-order valence-corrected chi connectivity index (χ2v) is 5.27. The molecule has 0 radical (unpaired) electrons. The first-order chi connectivity index (χ1) is 8.04. The van der Waals surface area contributed by atoms with Crippen LogP contribution in [0.25, 0.3) is 0 Å². The molecule has 0 heterocycles. The average molecular weight is 242 g/mol. The van der Waals surface area contributed by atoms with Gasteiger partial charge in [0.25, 0.3) is 0 Å². The van der Waals surface area contributed by atoms with E-state index in [0.717, 1.165) is 13.0 Å². The summed E-state index contributed by atoms with van der Waals surface area (Å²) in [5.41, 5.74) is 5.86. The molecule has 0 aromatic heterocycles. The molecule has 0 saturated heterocycles. The van der Waals surface area contributed by atoms with Crippen LogP contribution in [0.1, 0.15) is 40.0 Å². The number of nitrogens with two attached hydrogens (primary N) is 1. The minimum absolute atomic E-state index is 0.275. The number of esters is 1. The van der Waals surface area contributed by atoms with Gasteiger partial charge in [0.1, 0.15) is 6.04 Å². The summed E-state index contributed by atoms with van der Waals surface area (Å²) in [5.74, 6) is 0.415. The van der Waals surface area contributed by atoms with Gasteiger partial charge in [0.05, 0.1) is 6.61 Å². The lowest BCUT2D eigenvalue weighted by Gasteiger charge is -2.25. The number of nitrogens with zero attached hydrogens (tertiary/aromatic N) is 1. The van der Waals surface area contributed by atoms with Gasteiger partial charge in [-0.25, -0.2) is 0 Å². The van der Waals surface area contributed by atoms with Crippen molar-refractivity contribution in [2.45, 2.75) is 52.1 Å². The van der Waals surface area contributed by atoms with Gasteiger partial charge in [-0.2, -0.15) is 0 Å². The second kappa shape index (κ2) is 6.97. The van der Waals surface area contributed by atoms with Crippen LogP contribution in [0.4, 0.5) is 0 Å². The Bertz CT molecular complexity index is 240. The Balaban J connectivity index is 2.35. The predicted octanol–water partition coefficient (Wildman–Crippen LogP) is 1.39. The molecule has 1 aliphatic rings. The molecule has 4 heteroatoms. The van der Waals surface area contributed by atoms with Crippen LogP contribution in [0, 0.1) is 5.92 Å². The zero-order chi connectivity index (χ0) is 12.8. The number of hydrogen-bond acceptors (Lipinski definition) is 4. The Morgan fingerprint density at radius 1 is 1.47 bits per heavy atom. The van der Waals surface area contributed by atoms with Crippen LogP contribution in [-0.2, 0) is 9.53 Å². The lowest BCUT2D eigenvalue weighted by Crippen LogP contribution is -2.45. The lowest BCUT2D eigenvalue weighted by molar-refractivity contribution is -0.145. The van der Waals surface area contributed by atoms with E-state index in [1.54, 1.807) is 0 Å². The van der Waals surface area contributed by atoms with Crippen molar-refractivity contribution >= 4 is 5.97 Å². The molecule has 17 heavy (non-hydrogen) atoms. The Hall–Kier alpha value is -0.610. The second-order valence-electron chi connectivity index (χ2n) is 5.27. The van der Waals surface area contributed by atoms with Crippen LogP contribution >= 0.6 is 0 Å². The molecule has 1 saturated carbocycles. The Kier molecular flexibility index (Phi) is 5.92. The number of carbonyl (C=O) groups excluding carboxylic acids is 1. The van der Waals surface area contributed by atoms with Gasteiger partial charge in [-0.15, -0.1) is 0 Å². The van der Waals surface area contributed by atoms with E-state index in [4.69, 9.17) is 10.5 Å². The first kappa shape index (κ1) is 14.5. The van der Waals surface area contributed by atoms with Crippen LogP contribution in [0.15, 0.2) is 0 Å². The Morgan fingerprint density at radius 3 is 2.59 bits per heavy atom. The van der Waals surface area contributed by atoms with Crippen molar-refractivity contribution in [3.63, 3.8) is 0 Å². The number of hydrogen-bond donors (Lipinski definition) is 1. The van der Waals surface area contributed by atoms with E-state index in [0.29, 0.717) is 25.1 Å². The molecule has 100 valence electrons. The fourth-order valence-corrected chi connectivity index (χ4v) is 1.86. The highest BCUT2D eigenvalue weighted by Crippen LogP contribution is 2.27. The van der Waals surface area contributed by atoms with E-state index in [-0.39, 0.29) is 5.97 Å². The summed E-state index contributed by atoms with van der Waals surface area (Å²) >= 11 is 0. The van der Waals surface area contributed by atoms with E-state index in [9.17, 15) is 4.79 Å². The van der Waals surface area contributed by atoms with Crippen molar-refractivity contribution in [2.75, 3.05) is 19.7 Å². The van der Waals surface area contributed by atoms with Crippen molar-refractivity contribution in [2.24, 2.45) is 11.7 Å². The molecule has 1 aliphatic carbocycles. The zero-order valence-electron chi connectivity index (χ0n) is 11.3. The van der Waals surface area contributed by atoms with Crippen molar-refractivity contribution < 1.29 is 9.53 Å². The molecule has 4 nitrogen and oxygen atoms in total. The lowest BCUT2D eigenvalue weighted by atomic mass is 10.1. The quantitative estimate of drug-likeness (QED) is 0.653. The molecule has 2 N–H and O–H groups in total. The summed E-state index contributed by atoms with van der Waals surface area (Å²) in [4.78, 5) is 13.8. The minimum Gasteiger partial charge on any atom is -0.465 e. The molecular weight excluding hydrogens is 216 g/mol. The van der Waals surface area contributed by atoms with Crippen LogP contribution < -0.4 is 5.73 Å². The van der Waals surface area contributed by atoms with Gasteiger partial charge in [-0.05, 0) is 38.6 Å². The summed E-state index contributed by atoms with van der Waals surface area (Å²) in [6.45, 7) is 8.32. The van der Waals surface area contributed by atoms with Crippen molar-refractivity contribution in [1.82, 2.24) is 4.90 Å². The van der Waals surface area contributed by atoms with Crippen molar-refractivity contribution in [3.05, 3.63) is 0 Å². The molecule has 0 aromatic rings. The third-order valence-corrected chi connectivity index (χ3v) is 3.08. The van der Waals surface area contributed by atoms with Gasteiger partial charge < -0.3 is 10.5 Å². The maximum absolute atomic E-state index is 11.5. The van der Waals surface area contributed by atoms with Gasteiger partial charge in [-0.1, -0.05) is 13.8 Å². The molecule has 0 amide bonds. The highest BCUT2D eigenvalue weighted by molar-refractivity contribution is 5.75. The summed E-state index contributed by atoms with van der Waals surface area (Å²) in [6.07, 6.45) is 3.65.